The molecular weight excluding hydrogens is 124 g/mol. The van der Waals surface area contributed by atoms with Crippen LogP contribution in [0.2, 0.25) is 0 Å². The lowest BCUT2D eigenvalue weighted by atomic mass is 9.86. The zero-order chi connectivity index (χ0) is 7.03. The summed E-state index contributed by atoms with van der Waals surface area (Å²) in [6, 6.07) is 0. The van der Waals surface area contributed by atoms with Gasteiger partial charge < -0.3 is 4.74 Å². The molecule has 1 saturated carbocycles. The maximum Gasteiger partial charge on any atom is 0.105 e. The van der Waals surface area contributed by atoms with Gasteiger partial charge in [-0.25, -0.2) is 0 Å². The van der Waals surface area contributed by atoms with Gasteiger partial charge in [0.05, 0.1) is 5.60 Å². The Kier molecular flexibility index (Phi) is 1.34. The molecule has 0 aromatic carbocycles. The molecule has 0 amide bonds. The Morgan fingerprint density at radius 2 is 2.00 bits per heavy atom. The van der Waals surface area contributed by atoms with Crippen molar-refractivity contribution in [2.45, 2.75) is 43.8 Å². The van der Waals surface area contributed by atoms with Crippen LogP contribution in [0.4, 0.5) is 0 Å². The van der Waals surface area contributed by atoms with Crippen LogP contribution in [0.3, 0.4) is 0 Å². The Hall–Kier alpha value is -0.300. The van der Waals surface area contributed by atoms with Crippen molar-refractivity contribution in [3.8, 4) is 0 Å². The van der Waals surface area contributed by atoms with E-state index in [1.807, 2.05) is 6.08 Å². The minimum atomic E-state index is 0.278. The number of rotatable bonds is 1. The van der Waals surface area contributed by atoms with Crippen molar-refractivity contribution in [1.82, 2.24) is 0 Å². The van der Waals surface area contributed by atoms with E-state index in [-0.39, 0.29) is 5.60 Å². The van der Waals surface area contributed by atoms with Crippen LogP contribution < -0.4 is 0 Å². The van der Waals surface area contributed by atoms with E-state index in [0.29, 0.717) is 6.10 Å². The van der Waals surface area contributed by atoms with Gasteiger partial charge in [0.1, 0.15) is 6.10 Å². The highest BCUT2D eigenvalue weighted by atomic mass is 16.6. The lowest BCUT2D eigenvalue weighted by molar-refractivity contribution is 0.235. The highest BCUT2D eigenvalue weighted by Crippen LogP contribution is 2.48. The molecule has 1 atom stereocenters. The first-order valence-electron chi connectivity index (χ1n) is 4.18. The van der Waals surface area contributed by atoms with E-state index in [9.17, 15) is 0 Å². The highest BCUT2D eigenvalue weighted by Gasteiger charge is 2.54. The SMILES string of the molecule is C=CC1OC12CCCCC2. The second-order valence-electron chi connectivity index (χ2n) is 3.40. The lowest BCUT2D eigenvalue weighted by Crippen LogP contribution is -2.17. The van der Waals surface area contributed by atoms with Gasteiger partial charge in [-0.1, -0.05) is 25.3 Å². The zero-order valence-electron chi connectivity index (χ0n) is 6.31. The van der Waals surface area contributed by atoms with Gasteiger partial charge in [-0.05, 0) is 12.8 Å². The lowest BCUT2D eigenvalue weighted by Gasteiger charge is -2.17. The number of hydrogen-bond acceptors (Lipinski definition) is 1. The van der Waals surface area contributed by atoms with Crippen LogP contribution in [0, 0.1) is 0 Å². The van der Waals surface area contributed by atoms with Crippen LogP contribution in [0.25, 0.3) is 0 Å². The van der Waals surface area contributed by atoms with Crippen molar-refractivity contribution in [3.05, 3.63) is 12.7 Å². The maximum atomic E-state index is 5.58. The molecule has 1 heteroatoms. The summed E-state index contributed by atoms with van der Waals surface area (Å²) in [5.41, 5.74) is 0.278. The summed E-state index contributed by atoms with van der Waals surface area (Å²) in [4.78, 5) is 0. The van der Waals surface area contributed by atoms with Crippen molar-refractivity contribution >= 4 is 0 Å². The molecule has 10 heavy (non-hydrogen) atoms. The van der Waals surface area contributed by atoms with Gasteiger partial charge in [0.2, 0.25) is 0 Å². The number of ether oxygens (including phenoxy) is 1. The molecule has 1 nitrogen and oxygen atoms in total. The van der Waals surface area contributed by atoms with Crippen LogP contribution in [0.5, 0.6) is 0 Å². The molecule has 56 valence electrons. The topological polar surface area (TPSA) is 12.5 Å². The third-order valence-corrected chi connectivity index (χ3v) is 2.74. The quantitative estimate of drug-likeness (QED) is 0.400. The Balaban J connectivity index is 1.97. The molecule has 1 unspecified atom stereocenters. The third kappa shape index (κ3) is 0.807. The summed E-state index contributed by atoms with van der Waals surface area (Å²) in [5, 5.41) is 0. The highest BCUT2D eigenvalue weighted by molar-refractivity contribution is 5.11. The summed E-state index contributed by atoms with van der Waals surface area (Å²) in [7, 11) is 0. The van der Waals surface area contributed by atoms with Crippen molar-refractivity contribution in [1.29, 1.82) is 0 Å². The molecule has 2 rings (SSSR count). The van der Waals surface area contributed by atoms with Crippen LogP contribution >= 0.6 is 0 Å². The second-order valence-corrected chi connectivity index (χ2v) is 3.40. The number of epoxide rings is 1. The van der Waals surface area contributed by atoms with E-state index in [0.717, 1.165) is 0 Å². The average Bonchev–Trinajstić information content (AvgIpc) is 2.65. The van der Waals surface area contributed by atoms with E-state index in [2.05, 4.69) is 6.58 Å². The molecule has 0 radical (unpaired) electrons. The van der Waals surface area contributed by atoms with E-state index < -0.39 is 0 Å². The van der Waals surface area contributed by atoms with Gasteiger partial charge in [-0.2, -0.15) is 0 Å². The maximum absolute atomic E-state index is 5.58. The molecule has 2 aliphatic rings. The van der Waals surface area contributed by atoms with Gasteiger partial charge in [-0.15, -0.1) is 6.58 Å². The predicted molar refractivity (Wildman–Crippen MR) is 40.9 cm³/mol. The molecular formula is C9H14O. The molecule has 0 N–H and O–H groups in total. The van der Waals surface area contributed by atoms with Crippen molar-refractivity contribution in [3.63, 3.8) is 0 Å². The molecule has 0 aromatic rings. The summed E-state index contributed by atoms with van der Waals surface area (Å²) >= 11 is 0. The molecule has 1 saturated heterocycles. The normalized spacial score (nSPS) is 35.8. The van der Waals surface area contributed by atoms with E-state index in [1.165, 1.54) is 32.1 Å². The van der Waals surface area contributed by atoms with Gasteiger partial charge in [0, 0.05) is 0 Å². The fourth-order valence-corrected chi connectivity index (χ4v) is 2.03. The average molecular weight is 138 g/mol. The predicted octanol–water partition coefficient (Wildman–Crippen LogP) is 2.27. The molecule has 0 aromatic heterocycles. The van der Waals surface area contributed by atoms with Gasteiger partial charge in [-0.3, -0.25) is 0 Å². The summed E-state index contributed by atoms with van der Waals surface area (Å²) < 4.78 is 5.58. The fourth-order valence-electron chi connectivity index (χ4n) is 2.03. The Labute approximate surface area is 62.1 Å². The Morgan fingerprint density at radius 1 is 1.30 bits per heavy atom. The molecule has 1 spiro atoms. The summed E-state index contributed by atoms with van der Waals surface area (Å²) in [6.07, 6.45) is 8.98. The smallest absolute Gasteiger partial charge is 0.105 e. The first-order valence-corrected chi connectivity index (χ1v) is 4.18. The molecule has 2 fully saturated rings. The monoisotopic (exact) mass is 138 g/mol. The van der Waals surface area contributed by atoms with Crippen molar-refractivity contribution < 1.29 is 4.74 Å². The van der Waals surface area contributed by atoms with E-state index in [1.54, 1.807) is 0 Å². The molecule has 1 heterocycles. The molecule has 1 aliphatic carbocycles. The van der Waals surface area contributed by atoms with Crippen LogP contribution in [0.1, 0.15) is 32.1 Å². The minimum absolute atomic E-state index is 0.278. The van der Waals surface area contributed by atoms with Crippen LogP contribution in [-0.4, -0.2) is 11.7 Å². The Bertz CT molecular complexity index is 145. The van der Waals surface area contributed by atoms with Crippen molar-refractivity contribution in [2.24, 2.45) is 0 Å². The Morgan fingerprint density at radius 3 is 2.50 bits per heavy atom. The molecule has 1 aliphatic heterocycles. The first-order chi connectivity index (χ1) is 4.87. The van der Waals surface area contributed by atoms with Crippen molar-refractivity contribution in [2.75, 3.05) is 0 Å². The van der Waals surface area contributed by atoms with E-state index in [4.69, 9.17) is 4.74 Å². The fraction of sp³-hybridized carbons (Fsp3) is 0.778. The third-order valence-electron chi connectivity index (χ3n) is 2.74. The van der Waals surface area contributed by atoms with Gasteiger partial charge in [0.25, 0.3) is 0 Å². The minimum Gasteiger partial charge on any atom is -0.362 e. The zero-order valence-corrected chi connectivity index (χ0v) is 6.31. The summed E-state index contributed by atoms with van der Waals surface area (Å²) in [6.45, 7) is 3.75. The largest absolute Gasteiger partial charge is 0.362 e. The van der Waals surface area contributed by atoms with Crippen LogP contribution in [-0.2, 0) is 4.74 Å². The second kappa shape index (κ2) is 2.09. The van der Waals surface area contributed by atoms with E-state index >= 15 is 0 Å². The molecule has 0 bridgehead atoms. The summed E-state index contributed by atoms with van der Waals surface area (Å²) in [5.74, 6) is 0. The standard InChI is InChI=1S/C9H14O/c1-2-8-9(10-8)6-4-3-5-7-9/h2,8H,1,3-7H2. The van der Waals surface area contributed by atoms with Crippen LogP contribution in [0.15, 0.2) is 12.7 Å². The van der Waals surface area contributed by atoms with Gasteiger partial charge in [0.15, 0.2) is 0 Å². The number of hydrogen-bond donors (Lipinski definition) is 0. The van der Waals surface area contributed by atoms with Gasteiger partial charge >= 0.3 is 0 Å². The first kappa shape index (κ1) is 6.41.